The molecule has 0 aliphatic carbocycles. The van der Waals surface area contributed by atoms with E-state index in [4.69, 9.17) is 28.6 Å². The first-order valence-electron chi connectivity index (χ1n) is 19.5. The van der Waals surface area contributed by atoms with Gasteiger partial charge >= 0.3 is 6.18 Å². The van der Waals surface area contributed by atoms with E-state index >= 15 is 0 Å². The summed E-state index contributed by atoms with van der Waals surface area (Å²) >= 11 is 12.1. The second-order valence-electron chi connectivity index (χ2n) is 15.9. The molecule has 0 saturated carbocycles. The number of anilines is 4. The molecule has 3 aliphatic rings. The first-order valence-corrected chi connectivity index (χ1v) is 20.3. The number of carbonyl (C=O) groups is 4. The predicted molar refractivity (Wildman–Crippen MR) is 226 cm³/mol. The Hall–Kier alpha value is -5.28. The van der Waals surface area contributed by atoms with Crippen LogP contribution in [0.1, 0.15) is 64.2 Å². The van der Waals surface area contributed by atoms with E-state index in [1.165, 1.54) is 6.07 Å². The highest BCUT2D eigenvalue weighted by Crippen LogP contribution is 2.41. The maximum absolute atomic E-state index is 13.8. The zero-order chi connectivity index (χ0) is 43.7. The highest BCUT2D eigenvalue weighted by Gasteiger charge is 2.51. The molecule has 4 amide bonds. The number of carbonyl (C=O) groups excluding carboxylic acids is 4. The van der Waals surface area contributed by atoms with Crippen LogP contribution >= 0.6 is 23.8 Å². The van der Waals surface area contributed by atoms with Crippen molar-refractivity contribution in [3.05, 3.63) is 76.3 Å². The zero-order valence-corrected chi connectivity index (χ0v) is 35.4. The van der Waals surface area contributed by atoms with Crippen LogP contribution < -0.4 is 30.5 Å². The summed E-state index contributed by atoms with van der Waals surface area (Å²) in [5.41, 5.74) is -1.42. The maximum Gasteiger partial charge on any atom is 0.417 e. The van der Waals surface area contributed by atoms with Crippen molar-refractivity contribution in [3.8, 4) is 11.8 Å². The highest BCUT2D eigenvalue weighted by molar-refractivity contribution is 7.81. The van der Waals surface area contributed by atoms with Gasteiger partial charge in [0.1, 0.15) is 23.9 Å². The Morgan fingerprint density at radius 3 is 2.35 bits per heavy atom. The third kappa shape index (κ3) is 9.21. The van der Waals surface area contributed by atoms with Crippen LogP contribution in [0.15, 0.2) is 54.6 Å². The van der Waals surface area contributed by atoms with E-state index in [0.717, 1.165) is 22.6 Å². The van der Waals surface area contributed by atoms with Gasteiger partial charge in [-0.25, -0.2) is 0 Å². The molecular weight excluding hydrogens is 821 g/mol. The normalized spacial score (nSPS) is 19.0. The average Bonchev–Trinajstić information content (AvgIpc) is 3.37. The molecule has 1 atom stereocenters. The van der Waals surface area contributed by atoms with Gasteiger partial charge in [0.2, 0.25) is 17.7 Å². The molecule has 6 rings (SSSR count). The Morgan fingerprint density at radius 2 is 1.70 bits per heavy atom. The number of nitrogens with one attached hydrogen (secondary N) is 3. The average molecular weight is 867 g/mol. The number of amides is 4. The standard InChI is InChI=1S/C42H46ClF3N8O5S/c1-6-25-19-31(54-39(60)53(38(58)41(54,4)5)30-8-7-26(24-47)32(23-30)42(44,45)46)9-11-34(25)59-18-17-51-13-15-52(16-14-51)40(2,3)37(57)49-29-21-27(43)20-28(22-29)48-33-10-12-35(55)50-36(33)56/h7-9,11,19-23,33,48H,6,10,12-18H2,1-5H3,(H,49,57)(H,50,55,56). The number of piperidine rings is 1. The number of nitriles is 1. The summed E-state index contributed by atoms with van der Waals surface area (Å²) in [6.45, 7) is 12.7. The van der Waals surface area contributed by atoms with Crippen LogP contribution in [0.3, 0.4) is 0 Å². The van der Waals surface area contributed by atoms with Gasteiger partial charge in [0.05, 0.1) is 28.4 Å². The van der Waals surface area contributed by atoms with Crippen molar-refractivity contribution in [2.75, 3.05) is 59.8 Å². The maximum atomic E-state index is 13.8. The minimum absolute atomic E-state index is 0.0105. The summed E-state index contributed by atoms with van der Waals surface area (Å²) in [6, 6.07) is 14.5. The van der Waals surface area contributed by atoms with E-state index < -0.39 is 46.2 Å². The predicted octanol–water partition coefficient (Wildman–Crippen LogP) is 6.34. The van der Waals surface area contributed by atoms with Gasteiger partial charge in [-0.3, -0.25) is 39.2 Å². The minimum Gasteiger partial charge on any atom is -0.492 e. The van der Waals surface area contributed by atoms with Gasteiger partial charge in [0, 0.05) is 61.2 Å². The van der Waals surface area contributed by atoms with E-state index in [0.29, 0.717) is 80.0 Å². The van der Waals surface area contributed by atoms with Crippen molar-refractivity contribution in [2.45, 2.75) is 77.2 Å². The molecule has 3 aromatic rings. The van der Waals surface area contributed by atoms with Gasteiger partial charge < -0.3 is 20.3 Å². The second-order valence-corrected chi connectivity index (χ2v) is 16.7. The van der Waals surface area contributed by atoms with Crippen LogP contribution in [0.4, 0.5) is 35.9 Å². The molecule has 3 heterocycles. The summed E-state index contributed by atoms with van der Waals surface area (Å²) in [7, 11) is 0. The molecule has 18 heteroatoms. The van der Waals surface area contributed by atoms with Crippen LogP contribution in [0.5, 0.6) is 5.75 Å². The molecule has 3 aliphatic heterocycles. The van der Waals surface area contributed by atoms with Crippen molar-refractivity contribution in [1.82, 2.24) is 15.1 Å². The molecule has 3 N–H and O–H groups in total. The number of piperazine rings is 1. The van der Waals surface area contributed by atoms with E-state index in [1.807, 2.05) is 26.8 Å². The number of ether oxygens (including phenoxy) is 1. The Balaban J connectivity index is 1.03. The van der Waals surface area contributed by atoms with Crippen molar-refractivity contribution >= 4 is 75.3 Å². The van der Waals surface area contributed by atoms with Crippen molar-refractivity contribution < 1.29 is 37.1 Å². The molecule has 3 aromatic carbocycles. The van der Waals surface area contributed by atoms with Crippen LogP contribution in [0, 0.1) is 11.3 Å². The van der Waals surface area contributed by atoms with E-state index in [-0.39, 0.29) is 29.0 Å². The third-order valence-electron chi connectivity index (χ3n) is 11.2. The molecule has 0 radical (unpaired) electrons. The summed E-state index contributed by atoms with van der Waals surface area (Å²) < 4.78 is 47.6. The molecular formula is C42H46ClF3N8O5S. The molecule has 318 valence electrons. The first kappa shape index (κ1) is 44.3. The summed E-state index contributed by atoms with van der Waals surface area (Å²) in [6.07, 6.45) is -3.64. The number of benzene rings is 3. The molecule has 3 fully saturated rings. The number of hydrogen-bond donors (Lipinski definition) is 3. The lowest BCUT2D eigenvalue weighted by Crippen LogP contribution is -2.59. The molecule has 0 aromatic heterocycles. The fourth-order valence-electron chi connectivity index (χ4n) is 7.60. The van der Waals surface area contributed by atoms with Gasteiger partial charge in [0.15, 0.2) is 5.11 Å². The quantitative estimate of drug-likeness (QED) is 0.138. The molecule has 60 heavy (non-hydrogen) atoms. The Morgan fingerprint density at radius 1 is 1.02 bits per heavy atom. The molecule has 1 unspecified atom stereocenters. The van der Waals surface area contributed by atoms with Gasteiger partial charge in [-0.15, -0.1) is 0 Å². The van der Waals surface area contributed by atoms with E-state index in [1.54, 1.807) is 55.1 Å². The number of alkyl halides is 3. The highest BCUT2D eigenvalue weighted by atomic mass is 35.5. The Labute approximate surface area is 356 Å². The summed E-state index contributed by atoms with van der Waals surface area (Å²) in [5.74, 6) is -0.797. The van der Waals surface area contributed by atoms with Crippen LogP contribution in [0.25, 0.3) is 0 Å². The van der Waals surface area contributed by atoms with E-state index in [9.17, 15) is 37.6 Å². The van der Waals surface area contributed by atoms with Gasteiger partial charge in [0.25, 0.3) is 5.91 Å². The second kappa shape index (κ2) is 17.4. The zero-order valence-electron chi connectivity index (χ0n) is 33.8. The number of aryl methyl sites for hydroxylation is 1. The number of nitrogens with zero attached hydrogens (tertiary/aromatic N) is 5. The summed E-state index contributed by atoms with van der Waals surface area (Å²) in [4.78, 5) is 58.2. The lowest BCUT2D eigenvalue weighted by Gasteiger charge is -2.43. The molecule has 0 bridgehead atoms. The van der Waals surface area contributed by atoms with Crippen molar-refractivity contribution in [3.63, 3.8) is 0 Å². The molecule has 13 nitrogen and oxygen atoms in total. The van der Waals surface area contributed by atoms with Crippen molar-refractivity contribution in [1.29, 1.82) is 5.26 Å². The number of rotatable bonds is 12. The molecule has 3 saturated heterocycles. The fourth-order valence-corrected chi connectivity index (χ4v) is 8.36. The van der Waals surface area contributed by atoms with Crippen molar-refractivity contribution in [2.24, 2.45) is 0 Å². The van der Waals surface area contributed by atoms with Gasteiger partial charge in [-0.05, 0) is 113 Å². The monoisotopic (exact) mass is 866 g/mol. The smallest absolute Gasteiger partial charge is 0.417 e. The first-order chi connectivity index (χ1) is 28.2. The van der Waals surface area contributed by atoms with Gasteiger partial charge in [-0.1, -0.05) is 18.5 Å². The number of hydrogen-bond acceptors (Lipinski definition) is 10. The largest absolute Gasteiger partial charge is 0.492 e. The SMILES string of the molecule is CCc1cc(N2C(=S)N(c3ccc(C#N)c(C(F)(F)F)c3)C(=O)C2(C)C)ccc1OCCN1CCN(C(C)(C)C(=O)Nc2cc(Cl)cc(NC3CCC(=O)NC3=O)c2)CC1. The van der Waals surface area contributed by atoms with E-state index in [2.05, 4.69) is 25.8 Å². The number of imide groups is 1. The minimum atomic E-state index is -4.80. The fraction of sp³-hybridized carbons (Fsp3) is 0.429. The number of thiocarbonyl (C=S) groups is 1. The Kier molecular flexibility index (Phi) is 12.8. The third-order valence-corrected chi connectivity index (χ3v) is 11.7. The Bertz CT molecular complexity index is 2260. The lowest BCUT2D eigenvalue weighted by atomic mass is 10.00. The molecule has 0 spiro atoms. The lowest BCUT2D eigenvalue weighted by molar-refractivity contribution is -0.138. The topological polar surface area (TPSA) is 150 Å². The summed E-state index contributed by atoms with van der Waals surface area (Å²) in [5, 5.41) is 18.0. The van der Waals surface area contributed by atoms with Crippen LogP contribution in [0.2, 0.25) is 5.02 Å². The van der Waals surface area contributed by atoms with Crippen LogP contribution in [-0.2, 0) is 31.8 Å². The number of halogens is 4. The van der Waals surface area contributed by atoms with Gasteiger partial charge in [-0.2, -0.15) is 18.4 Å². The van der Waals surface area contributed by atoms with Crippen LogP contribution in [-0.4, -0.2) is 95.0 Å².